The summed E-state index contributed by atoms with van der Waals surface area (Å²) in [6.07, 6.45) is 0. The Kier molecular flexibility index (Phi) is 7.56. The fourth-order valence-electron chi connectivity index (χ4n) is 7.21. The normalized spacial score (nSPS) is 12.2. The summed E-state index contributed by atoms with van der Waals surface area (Å²) in [6.45, 7) is 27.9. The van der Waals surface area contributed by atoms with Crippen molar-refractivity contribution in [1.82, 2.24) is 0 Å². The van der Waals surface area contributed by atoms with Gasteiger partial charge in [-0.1, -0.05) is 0 Å². The van der Waals surface area contributed by atoms with E-state index in [0.29, 0.717) is 0 Å². The fourth-order valence-corrected chi connectivity index (χ4v) is 23.1. The van der Waals surface area contributed by atoms with Gasteiger partial charge in [-0.3, -0.25) is 0 Å². The van der Waals surface area contributed by atoms with Crippen molar-refractivity contribution in [3.63, 3.8) is 0 Å². The molecule has 0 nitrogen and oxygen atoms in total. The van der Waals surface area contributed by atoms with Crippen LogP contribution in [0.3, 0.4) is 0 Å². The molecule has 0 bridgehead atoms. The van der Waals surface area contributed by atoms with Crippen molar-refractivity contribution >= 4 is 32.6 Å². The van der Waals surface area contributed by atoms with Gasteiger partial charge in [-0.15, -0.1) is 0 Å². The minimum absolute atomic E-state index is 1.35. The Hall–Kier alpha value is -2.33. The van der Waals surface area contributed by atoms with Crippen LogP contribution in [0.15, 0.2) is 48.5 Å². The monoisotopic (exact) mass is 606 g/mol. The van der Waals surface area contributed by atoms with Gasteiger partial charge >= 0.3 is 231 Å². The molecule has 0 unspecified atom stereocenters. The molecule has 194 valence electrons. The number of hydrogen-bond acceptors (Lipinski definition) is 0. The molecule has 0 atom stereocenters. The van der Waals surface area contributed by atoms with E-state index in [1.54, 1.807) is 14.4 Å². The number of aryl methyl sites for hydroxylation is 12. The average molecular weight is 604 g/mol. The van der Waals surface area contributed by atoms with E-state index in [1.807, 2.05) is 0 Å². The zero-order valence-electron chi connectivity index (χ0n) is 25.0. The van der Waals surface area contributed by atoms with Crippen molar-refractivity contribution in [2.75, 3.05) is 0 Å². The van der Waals surface area contributed by atoms with E-state index in [2.05, 4.69) is 132 Å². The predicted octanol–water partition coefficient (Wildman–Crippen LogP) is 6.77. The third kappa shape index (κ3) is 4.60. The molecule has 0 saturated carbocycles. The standard InChI is InChI=1S/C36H44Te/c1-21-13-25(5)33(26(6)14-21)37(34-27(7)15-22(2)16-28(34)8,35-29(9)17-23(3)18-30(35)10)36-31(11)19-24(4)20-32(36)12/h13-20H,1-12H3. The molecule has 0 aliphatic carbocycles. The van der Waals surface area contributed by atoms with Crippen LogP contribution in [-0.2, 0) is 0 Å². The van der Waals surface area contributed by atoms with E-state index < -0.39 is 18.2 Å². The second-order valence-electron chi connectivity index (χ2n) is 11.5. The van der Waals surface area contributed by atoms with Crippen LogP contribution in [0.5, 0.6) is 0 Å². The van der Waals surface area contributed by atoms with E-state index in [1.165, 1.54) is 66.8 Å². The molecule has 4 aromatic rings. The van der Waals surface area contributed by atoms with E-state index in [0.717, 1.165) is 0 Å². The van der Waals surface area contributed by atoms with Crippen molar-refractivity contribution in [3.8, 4) is 0 Å². The van der Waals surface area contributed by atoms with Crippen LogP contribution in [0, 0.1) is 83.1 Å². The Morgan fingerprint density at radius 1 is 0.270 bits per heavy atom. The molecule has 0 radical (unpaired) electrons. The van der Waals surface area contributed by atoms with Gasteiger partial charge in [0.1, 0.15) is 0 Å². The predicted molar refractivity (Wildman–Crippen MR) is 167 cm³/mol. The van der Waals surface area contributed by atoms with Gasteiger partial charge in [-0.05, 0) is 0 Å². The summed E-state index contributed by atoms with van der Waals surface area (Å²) >= 11 is -3.60. The summed E-state index contributed by atoms with van der Waals surface area (Å²) in [6, 6.07) is 19.4. The number of benzene rings is 4. The van der Waals surface area contributed by atoms with Gasteiger partial charge in [-0.2, -0.15) is 0 Å². The molecule has 0 fully saturated rings. The summed E-state index contributed by atoms with van der Waals surface area (Å²) < 4.78 is 6.48. The third-order valence-corrected chi connectivity index (χ3v) is 22.0. The van der Waals surface area contributed by atoms with Crippen LogP contribution in [0.2, 0.25) is 0 Å². The molecule has 37 heavy (non-hydrogen) atoms. The molecule has 1 heteroatoms. The molecule has 0 amide bonds. The van der Waals surface area contributed by atoms with Gasteiger partial charge < -0.3 is 0 Å². The van der Waals surface area contributed by atoms with Crippen LogP contribution in [0.1, 0.15) is 66.8 Å². The molecule has 0 aliphatic heterocycles. The maximum atomic E-state index is 2.43. The fraction of sp³-hybridized carbons (Fsp3) is 0.333. The molecule has 0 heterocycles. The zero-order chi connectivity index (χ0) is 27.4. The second kappa shape index (κ2) is 10.1. The van der Waals surface area contributed by atoms with Crippen LogP contribution in [0.25, 0.3) is 0 Å². The number of hydrogen-bond donors (Lipinski definition) is 0. The molecule has 4 rings (SSSR count). The Morgan fingerprint density at radius 2 is 0.405 bits per heavy atom. The van der Waals surface area contributed by atoms with Crippen LogP contribution < -0.4 is 14.4 Å². The molecule has 0 aromatic heterocycles. The topological polar surface area (TPSA) is 0 Å². The van der Waals surface area contributed by atoms with Crippen molar-refractivity contribution in [3.05, 3.63) is 115 Å². The Labute approximate surface area is 230 Å². The van der Waals surface area contributed by atoms with E-state index >= 15 is 0 Å². The van der Waals surface area contributed by atoms with Gasteiger partial charge in [0, 0.05) is 0 Å². The van der Waals surface area contributed by atoms with Crippen molar-refractivity contribution in [2.45, 2.75) is 83.1 Å². The molecule has 0 aliphatic rings. The van der Waals surface area contributed by atoms with E-state index in [-0.39, 0.29) is 0 Å². The second-order valence-corrected chi connectivity index (χ2v) is 19.7. The quantitative estimate of drug-likeness (QED) is 0.226. The van der Waals surface area contributed by atoms with Crippen molar-refractivity contribution < 1.29 is 0 Å². The molecular weight excluding hydrogens is 560 g/mol. The van der Waals surface area contributed by atoms with Gasteiger partial charge in [0.25, 0.3) is 0 Å². The van der Waals surface area contributed by atoms with E-state index in [4.69, 9.17) is 0 Å². The maximum absolute atomic E-state index is 3.60. The molecule has 0 N–H and O–H groups in total. The number of rotatable bonds is 4. The van der Waals surface area contributed by atoms with E-state index in [9.17, 15) is 0 Å². The van der Waals surface area contributed by atoms with Crippen molar-refractivity contribution in [2.24, 2.45) is 0 Å². The summed E-state index contributed by atoms with van der Waals surface area (Å²) in [5, 5.41) is 0. The Balaban J connectivity index is 2.46. The summed E-state index contributed by atoms with van der Waals surface area (Å²) in [5.41, 5.74) is 16.9. The van der Waals surface area contributed by atoms with Crippen molar-refractivity contribution in [1.29, 1.82) is 0 Å². The SMILES string of the molecule is Cc1cc(C)c([Te](c2c(C)cc(C)cc2C)(c2c(C)cc(C)cc2C)c2c(C)cc(C)cc2C)c(C)c1. The molecular formula is C36H44Te. The molecule has 0 saturated heterocycles. The van der Waals surface area contributed by atoms with Crippen LogP contribution >= 0.6 is 0 Å². The first-order valence-corrected chi connectivity index (χ1v) is 18.1. The summed E-state index contributed by atoms with van der Waals surface area (Å²) in [4.78, 5) is 0. The first kappa shape index (κ1) is 27.7. The molecule has 0 spiro atoms. The summed E-state index contributed by atoms with van der Waals surface area (Å²) in [7, 11) is 0. The average Bonchev–Trinajstić information content (AvgIpc) is 2.70. The summed E-state index contributed by atoms with van der Waals surface area (Å²) in [5.74, 6) is 0. The zero-order valence-corrected chi connectivity index (χ0v) is 27.4. The van der Waals surface area contributed by atoms with Gasteiger partial charge in [0.15, 0.2) is 0 Å². The van der Waals surface area contributed by atoms with Crippen LogP contribution in [0.4, 0.5) is 0 Å². The van der Waals surface area contributed by atoms with Gasteiger partial charge in [-0.25, -0.2) is 0 Å². The first-order chi connectivity index (χ1) is 17.3. The molecule has 4 aromatic carbocycles. The van der Waals surface area contributed by atoms with Gasteiger partial charge in [0.2, 0.25) is 0 Å². The third-order valence-electron chi connectivity index (χ3n) is 7.64. The van der Waals surface area contributed by atoms with Gasteiger partial charge in [0.05, 0.1) is 0 Å². The Bertz CT molecular complexity index is 1210. The first-order valence-electron chi connectivity index (χ1n) is 13.4. The Morgan fingerprint density at radius 3 is 0.541 bits per heavy atom. The minimum atomic E-state index is -3.60. The van der Waals surface area contributed by atoms with Crippen LogP contribution in [-0.4, -0.2) is 18.2 Å².